The molecule has 0 spiro atoms. The minimum Gasteiger partial charge on any atom is -0.508 e. The molecule has 80 heavy (non-hydrogen) atoms. The quantitative estimate of drug-likeness (QED) is 0.0171. The molecule has 0 unspecified atom stereocenters. The Kier molecular flexibility index (Phi) is 29.1. The molecule has 10 amide bonds. The summed E-state index contributed by atoms with van der Waals surface area (Å²) >= 11 is 0. The van der Waals surface area contributed by atoms with Crippen LogP contribution < -0.4 is 70.8 Å². The van der Waals surface area contributed by atoms with Gasteiger partial charge in [0.1, 0.15) is 60.1 Å². The molecule has 2 aromatic rings. The summed E-state index contributed by atoms with van der Waals surface area (Å²) in [7, 11) is 0. The van der Waals surface area contributed by atoms with Gasteiger partial charge in [-0.15, -0.1) is 0 Å². The predicted molar refractivity (Wildman–Crippen MR) is 285 cm³/mol. The molecule has 0 aliphatic rings. The minimum absolute atomic E-state index is 0.00523. The Hall–Kier alpha value is -8.45. The van der Waals surface area contributed by atoms with E-state index in [9.17, 15) is 73.2 Å². The summed E-state index contributed by atoms with van der Waals surface area (Å²) in [6.07, 6.45) is 0.0190. The Balaban J connectivity index is 2.51. The first-order valence-corrected chi connectivity index (χ1v) is 25.7. The van der Waals surface area contributed by atoms with Gasteiger partial charge in [0.15, 0.2) is 5.96 Å². The summed E-state index contributed by atoms with van der Waals surface area (Å²) in [6.45, 7) is 6.20. The molecule has 1 aromatic heterocycles. The van der Waals surface area contributed by atoms with E-state index in [0.29, 0.717) is 17.7 Å². The number of aliphatic hydroxyl groups is 2. The monoisotopic (exact) mass is 1130 g/mol. The van der Waals surface area contributed by atoms with Crippen molar-refractivity contribution in [1.29, 1.82) is 0 Å². The molecule has 10 atom stereocenters. The maximum atomic E-state index is 14.5. The third kappa shape index (κ3) is 24.9. The maximum Gasteiger partial charge on any atom is 0.305 e. The minimum atomic E-state index is -1.98. The average Bonchev–Trinajstić information content (AvgIpc) is 3.90. The fourth-order valence-corrected chi connectivity index (χ4v) is 7.66. The van der Waals surface area contributed by atoms with Gasteiger partial charge >= 0.3 is 5.97 Å². The lowest BCUT2D eigenvalue weighted by Gasteiger charge is -2.28. The smallest absolute Gasteiger partial charge is 0.305 e. The number of aromatic hydroxyl groups is 1. The first-order valence-electron chi connectivity index (χ1n) is 25.7. The lowest BCUT2D eigenvalue weighted by Crippen LogP contribution is -2.62. The number of benzene rings is 1. The van der Waals surface area contributed by atoms with Crippen molar-refractivity contribution in [3.63, 3.8) is 0 Å². The van der Waals surface area contributed by atoms with E-state index in [4.69, 9.17) is 22.9 Å². The second kappa shape index (κ2) is 34.4. The molecular formula is C49H78N16O15. The summed E-state index contributed by atoms with van der Waals surface area (Å²) in [6, 6.07) is -8.28. The molecule has 0 bridgehead atoms. The second-order valence-electron chi connectivity index (χ2n) is 19.3. The molecule has 0 aliphatic heterocycles. The highest BCUT2D eigenvalue weighted by atomic mass is 16.4. The van der Waals surface area contributed by atoms with Crippen LogP contribution in [0.25, 0.3) is 0 Å². The Labute approximate surface area is 461 Å². The van der Waals surface area contributed by atoms with E-state index in [2.05, 4.69) is 62.8 Å². The van der Waals surface area contributed by atoms with Crippen molar-refractivity contribution < 1.29 is 73.2 Å². The van der Waals surface area contributed by atoms with Crippen LogP contribution in [-0.4, -0.2) is 182 Å². The van der Waals surface area contributed by atoms with Gasteiger partial charge in [0.2, 0.25) is 59.1 Å². The average molecular weight is 1130 g/mol. The molecule has 0 fully saturated rings. The van der Waals surface area contributed by atoms with Gasteiger partial charge in [0, 0.05) is 38.2 Å². The summed E-state index contributed by atoms with van der Waals surface area (Å²) in [5.74, 6) is -11.9. The number of nitrogens with zero attached hydrogens (tertiary/aromatic N) is 2. The summed E-state index contributed by atoms with van der Waals surface area (Å²) in [5, 5.41) is 61.5. The highest BCUT2D eigenvalue weighted by Crippen LogP contribution is 2.14. The van der Waals surface area contributed by atoms with Crippen LogP contribution in [0.5, 0.6) is 5.75 Å². The number of rotatable bonds is 36. The Morgan fingerprint density at radius 3 is 1.66 bits per heavy atom. The number of aliphatic hydroxyl groups excluding tert-OH is 2. The van der Waals surface area contributed by atoms with E-state index < -0.39 is 139 Å². The number of nitrogens with two attached hydrogens (primary N) is 4. The number of carbonyl (C=O) groups excluding carboxylic acids is 10. The third-order valence-electron chi connectivity index (χ3n) is 11.8. The predicted octanol–water partition coefficient (Wildman–Crippen LogP) is -6.13. The second-order valence-corrected chi connectivity index (χ2v) is 19.3. The third-order valence-corrected chi connectivity index (χ3v) is 11.8. The van der Waals surface area contributed by atoms with Crippen LogP contribution in [0.15, 0.2) is 41.8 Å². The van der Waals surface area contributed by atoms with E-state index in [-0.39, 0.29) is 75.7 Å². The zero-order chi connectivity index (χ0) is 60.2. The largest absolute Gasteiger partial charge is 0.508 e. The van der Waals surface area contributed by atoms with Crippen molar-refractivity contribution in [3.8, 4) is 5.75 Å². The fourth-order valence-electron chi connectivity index (χ4n) is 7.66. The van der Waals surface area contributed by atoms with Gasteiger partial charge in [-0.1, -0.05) is 26.0 Å². The number of amides is 10. The number of guanidine groups is 1. The number of carbonyl (C=O) groups is 11. The SMILES string of the molecule is CC(=O)N[C@@H](CO)C(=O)N[C@@H](C)C(=O)N[C@H](C(=O)N[C@@H](CC(=O)O)C(=O)N[C@@H](CCCCN)C(=O)N[C@@H](Cc1ccc(O)cc1)C(=O)N[C@@H](CCCN=C(N)N)C(=O)N[C@@H](CC(C)C)C(=O)N[C@@H](Cc1cnc[nH]1)C(N)=O)[C@@H](C)O. The zero-order valence-corrected chi connectivity index (χ0v) is 45.3. The van der Waals surface area contributed by atoms with E-state index in [0.717, 1.165) is 13.8 Å². The molecule has 444 valence electrons. The number of carboxylic acids is 1. The molecular weight excluding hydrogens is 1050 g/mol. The van der Waals surface area contributed by atoms with Crippen LogP contribution in [0.1, 0.15) is 90.8 Å². The standard InChI is InChI=1S/C49H78N16O15/c1-24(2)17-34(44(76)61-33(40(51)72)19-29-21-54-23-56-29)62-43(75)32(10-8-16-55-49(52)53)60-45(77)35(18-28-11-13-30(69)14-12-28)63-42(74)31(9-6-7-15-50)59-46(78)36(20-38(70)71)64-48(80)39(26(4)67)65-41(73)25(3)57-47(79)37(22-66)58-27(5)68/h11-14,21,23-26,31-37,39,66-67,69H,6-10,15-20,22,50H2,1-5H3,(H2,51,72)(H,54,56)(H,57,79)(H,58,68)(H,59,78)(H,60,77)(H,61,76)(H,62,75)(H,63,74)(H,64,80)(H,65,73)(H,70,71)(H4,52,53,55)/t25-,26+,31-,32-,33-,34-,35-,36-,37-,39-/m0/s1. The van der Waals surface area contributed by atoms with Crippen LogP contribution in [0.3, 0.4) is 0 Å². The first-order chi connectivity index (χ1) is 37.6. The van der Waals surface area contributed by atoms with Gasteiger partial charge < -0.3 is 96.2 Å². The molecule has 0 saturated heterocycles. The molecule has 0 radical (unpaired) electrons. The van der Waals surface area contributed by atoms with Gasteiger partial charge in [0.25, 0.3) is 0 Å². The lowest BCUT2D eigenvalue weighted by molar-refractivity contribution is -0.142. The van der Waals surface area contributed by atoms with Crippen LogP contribution >= 0.6 is 0 Å². The number of hydrogen-bond donors (Lipinski definition) is 18. The van der Waals surface area contributed by atoms with Crippen molar-refractivity contribution >= 4 is 71.0 Å². The number of H-pyrrole nitrogens is 1. The molecule has 1 aromatic carbocycles. The van der Waals surface area contributed by atoms with Crippen LogP contribution in [0.2, 0.25) is 0 Å². The number of unbranched alkanes of at least 4 members (excludes halogenated alkanes) is 1. The van der Waals surface area contributed by atoms with Crippen molar-refractivity contribution in [2.45, 2.75) is 153 Å². The van der Waals surface area contributed by atoms with Gasteiger partial charge in [-0.2, -0.15) is 0 Å². The number of aromatic nitrogens is 2. The number of imidazole rings is 1. The molecule has 31 nitrogen and oxygen atoms in total. The number of aliphatic carboxylic acids is 1. The van der Waals surface area contributed by atoms with Crippen molar-refractivity contribution in [1.82, 2.24) is 57.8 Å². The first kappa shape index (κ1) is 67.7. The fraction of sp³-hybridized carbons (Fsp3) is 0.571. The van der Waals surface area contributed by atoms with Crippen LogP contribution in [-0.2, 0) is 65.6 Å². The van der Waals surface area contributed by atoms with Gasteiger partial charge in [-0.05, 0) is 82.5 Å². The van der Waals surface area contributed by atoms with Crippen LogP contribution in [0, 0.1) is 5.92 Å². The number of aliphatic imine (C=N–C) groups is 1. The molecule has 31 heteroatoms. The van der Waals surface area contributed by atoms with Crippen molar-refractivity contribution in [2.75, 3.05) is 19.7 Å². The number of phenols is 1. The Bertz CT molecular complexity index is 2440. The van der Waals surface area contributed by atoms with Gasteiger partial charge in [-0.3, -0.25) is 57.7 Å². The normalized spacial score (nSPS) is 14.8. The molecule has 0 aliphatic carbocycles. The lowest BCUT2D eigenvalue weighted by atomic mass is 10.0. The van der Waals surface area contributed by atoms with Crippen molar-refractivity contribution in [2.24, 2.45) is 33.8 Å². The van der Waals surface area contributed by atoms with E-state index in [1.807, 2.05) is 0 Å². The number of hydrogen-bond acceptors (Lipinski definition) is 17. The van der Waals surface area contributed by atoms with E-state index in [1.165, 1.54) is 43.7 Å². The number of carboxylic acid groups (broad SMARTS) is 1. The maximum absolute atomic E-state index is 14.5. The molecule has 2 rings (SSSR count). The zero-order valence-electron chi connectivity index (χ0n) is 45.3. The highest BCUT2D eigenvalue weighted by Gasteiger charge is 2.36. The number of primary amides is 1. The van der Waals surface area contributed by atoms with Crippen molar-refractivity contribution in [3.05, 3.63) is 48.0 Å². The summed E-state index contributed by atoms with van der Waals surface area (Å²) in [5.41, 5.74) is 23.2. The Morgan fingerprint density at radius 1 is 0.625 bits per heavy atom. The molecule has 1 heterocycles. The highest BCUT2D eigenvalue weighted by molar-refractivity contribution is 5.99. The number of nitrogens with one attached hydrogen (secondary N) is 10. The molecule has 0 saturated carbocycles. The summed E-state index contributed by atoms with van der Waals surface area (Å²) < 4.78 is 0. The summed E-state index contributed by atoms with van der Waals surface area (Å²) in [4.78, 5) is 157. The topological polar surface area (TPSA) is 522 Å². The van der Waals surface area contributed by atoms with Gasteiger partial charge in [0.05, 0.1) is 25.5 Å². The number of aromatic amines is 1. The van der Waals surface area contributed by atoms with E-state index >= 15 is 0 Å². The number of phenolic OH excluding ortho intramolecular Hbond substituents is 1. The van der Waals surface area contributed by atoms with E-state index in [1.54, 1.807) is 13.8 Å². The molecule has 22 N–H and O–H groups in total. The Morgan fingerprint density at radius 2 is 1.15 bits per heavy atom. The van der Waals surface area contributed by atoms with Crippen LogP contribution in [0.4, 0.5) is 0 Å². The van der Waals surface area contributed by atoms with Gasteiger partial charge in [-0.25, -0.2) is 4.98 Å².